The Morgan fingerprint density at radius 1 is 1.03 bits per heavy atom. The first-order valence-electron chi connectivity index (χ1n) is 13.5. The van der Waals surface area contributed by atoms with E-state index in [1.54, 1.807) is 41.1 Å². The molecule has 0 radical (unpaired) electrons. The fraction of sp³-hybridized carbons (Fsp3) is 0.333. The molecule has 1 heterocycles. The quantitative estimate of drug-likeness (QED) is 0.325. The zero-order valence-corrected chi connectivity index (χ0v) is 22.0. The Balaban J connectivity index is 1.55. The van der Waals surface area contributed by atoms with Gasteiger partial charge in [0, 0.05) is 11.7 Å². The Morgan fingerprint density at radius 3 is 2.46 bits per heavy atom. The van der Waals surface area contributed by atoms with Crippen LogP contribution < -0.4 is 15.0 Å². The van der Waals surface area contributed by atoms with E-state index in [1.165, 1.54) is 17.0 Å². The number of hydrogen-bond donors (Lipinski definition) is 2. The lowest BCUT2D eigenvalue weighted by Crippen LogP contribution is -2.48. The van der Waals surface area contributed by atoms with Gasteiger partial charge < -0.3 is 15.2 Å². The summed E-state index contributed by atoms with van der Waals surface area (Å²) in [7, 11) is 0. The van der Waals surface area contributed by atoms with Crippen molar-refractivity contribution in [3.8, 4) is 11.5 Å². The monoisotopic (exact) mass is 527 g/mol. The molecule has 1 saturated carbocycles. The third-order valence-corrected chi connectivity index (χ3v) is 7.07. The largest absolute Gasteiger partial charge is 0.508 e. The molecule has 0 bridgehead atoms. The molecule has 1 aliphatic carbocycles. The number of amides is 2. The van der Waals surface area contributed by atoms with E-state index in [0.717, 1.165) is 37.6 Å². The number of fused-ring (bicyclic) bond motifs is 1. The molecule has 9 heteroatoms. The maximum Gasteiger partial charge on any atom is 0.249 e. The molecule has 2 amide bonds. The molecule has 202 valence electrons. The van der Waals surface area contributed by atoms with Gasteiger partial charge in [0.15, 0.2) is 0 Å². The van der Waals surface area contributed by atoms with Crippen LogP contribution in [0, 0.1) is 0 Å². The average Bonchev–Trinajstić information content (AvgIpc) is 3.36. The lowest BCUT2D eigenvalue weighted by molar-refractivity contribution is -0.127. The van der Waals surface area contributed by atoms with Gasteiger partial charge in [0.25, 0.3) is 0 Å². The van der Waals surface area contributed by atoms with Crippen LogP contribution in [0.2, 0.25) is 0 Å². The first-order valence-corrected chi connectivity index (χ1v) is 13.5. The molecule has 3 aromatic carbocycles. The highest BCUT2D eigenvalue weighted by Crippen LogP contribution is 2.32. The van der Waals surface area contributed by atoms with Gasteiger partial charge in [-0.1, -0.05) is 48.7 Å². The second kappa shape index (κ2) is 12.0. The van der Waals surface area contributed by atoms with Gasteiger partial charge in [-0.05, 0) is 73.9 Å². The van der Waals surface area contributed by atoms with Gasteiger partial charge >= 0.3 is 0 Å². The summed E-state index contributed by atoms with van der Waals surface area (Å²) in [5.41, 5.74) is 2.55. The molecule has 0 aliphatic heterocycles. The summed E-state index contributed by atoms with van der Waals surface area (Å²) < 4.78 is 7.16. The molecule has 5 rings (SSSR count). The van der Waals surface area contributed by atoms with Crippen molar-refractivity contribution in [2.24, 2.45) is 0 Å². The molecule has 1 aliphatic rings. The number of carbonyl (C=O) groups is 2. The van der Waals surface area contributed by atoms with Crippen molar-refractivity contribution in [3.63, 3.8) is 0 Å². The van der Waals surface area contributed by atoms with Crippen molar-refractivity contribution >= 4 is 28.5 Å². The number of nitrogens with one attached hydrogen (secondary N) is 1. The van der Waals surface area contributed by atoms with Crippen LogP contribution in [0.15, 0.2) is 72.8 Å². The summed E-state index contributed by atoms with van der Waals surface area (Å²) >= 11 is 0. The van der Waals surface area contributed by atoms with E-state index in [2.05, 4.69) is 15.6 Å². The van der Waals surface area contributed by atoms with Gasteiger partial charge in [0.2, 0.25) is 11.8 Å². The molecule has 1 aromatic heterocycles. The van der Waals surface area contributed by atoms with Crippen molar-refractivity contribution in [2.75, 3.05) is 11.5 Å². The summed E-state index contributed by atoms with van der Waals surface area (Å²) in [6.07, 6.45) is 5.12. The number of rotatable bonds is 9. The second-order valence-corrected chi connectivity index (χ2v) is 9.76. The van der Waals surface area contributed by atoms with Crippen molar-refractivity contribution in [1.82, 2.24) is 20.3 Å². The Labute approximate surface area is 227 Å². The molecule has 2 N–H and O–H groups in total. The van der Waals surface area contributed by atoms with Gasteiger partial charge in [-0.3, -0.25) is 14.5 Å². The SMILES string of the molecule is CCOc1ccc(N(C(=O)Cn2nnc3ccccc32)C(C(=O)NC2CCCCC2)c2ccc(O)cc2)cc1. The highest BCUT2D eigenvalue weighted by Gasteiger charge is 2.34. The Hall–Kier alpha value is -4.40. The standard InChI is InChI=1S/C30H33N5O4/c1-2-39-25-18-14-23(15-19-25)35(28(37)20-34-27-11-7-6-10-26(27)32-33-34)29(21-12-16-24(36)17-13-21)30(38)31-22-8-4-3-5-9-22/h6-7,10-19,22,29,36H,2-5,8-9,20H2,1H3,(H,31,38). The van der Waals surface area contributed by atoms with Crippen LogP contribution in [0.1, 0.15) is 50.6 Å². The topological polar surface area (TPSA) is 110 Å². The van der Waals surface area contributed by atoms with Crippen molar-refractivity contribution < 1.29 is 19.4 Å². The number of anilines is 1. The minimum atomic E-state index is -0.965. The third kappa shape index (κ3) is 6.03. The lowest BCUT2D eigenvalue weighted by Gasteiger charge is -2.33. The number of phenolic OH excluding ortho intramolecular Hbond substituents is 1. The smallest absolute Gasteiger partial charge is 0.249 e. The summed E-state index contributed by atoms with van der Waals surface area (Å²) in [6, 6.07) is 20.1. The predicted octanol–water partition coefficient (Wildman–Crippen LogP) is 4.76. The zero-order valence-electron chi connectivity index (χ0n) is 22.0. The van der Waals surface area contributed by atoms with E-state index < -0.39 is 6.04 Å². The van der Waals surface area contributed by atoms with Crippen LogP contribution in [0.4, 0.5) is 5.69 Å². The van der Waals surface area contributed by atoms with E-state index in [1.807, 2.05) is 31.2 Å². The molecule has 9 nitrogen and oxygen atoms in total. The molecular weight excluding hydrogens is 494 g/mol. The number of aromatic hydroxyl groups is 1. The number of carbonyl (C=O) groups excluding carboxylic acids is 2. The number of para-hydroxylation sites is 1. The number of benzene rings is 3. The Morgan fingerprint density at radius 2 is 1.74 bits per heavy atom. The lowest BCUT2D eigenvalue weighted by atomic mass is 9.94. The molecule has 1 fully saturated rings. The number of phenols is 1. The summed E-state index contributed by atoms with van der Waals surface area (Å²) in [4.78, 5) is 29.6. The van der Waals surface area contributed by atoms with Crippen molar-refractivity contribution in [3.05, 3.63) is 78.4 Å². The number of aromatic nitrogens is 3. The van der Waals surface area contributed by atoms with Crippen molar-refractivity contribution in [1.29, 1.82) is 0 Å². The van der Waals surface area contributed by atoms with E-state index >= 15 is 0 Å². The maximum absolute atomic E-state index is 14.1. The fourth-order valence-electron chi connectivity index (χ4n) is 5.15. The van der Waals surface area contributed by atoms with Gasteiger partial charge in [0.05, 0.1) is 12.1 Å². The number of hydrogen-bond acceptors (Lipinski definition) is 6. The summed E-state index contributed by atoms with van der Waals surface area (Å²) in [5, 5.41) is 21.5. The van der Waals surface area contributed by atoms with Gasteiger partial charge in [-0.2, -0.15) is 0 Å². The van der Waals surface area contributed by atoms with Gasteiger partial charge in [-0.15, -0.1) is 5.10 Å². The zero-order chi connectivity index (χ0) is 27.2. The molecule has 1 unspecified atom stereocenters. The Bertz CT molecular complexity index is 1410. The molecule has 0 saturated heterocycles. The first kappa shape index (κ1) is 26.2. The van der Waals surface area contributed by atoms with Crippen molar-refractivity contribution in [2.45, 2.75) is 57.7 Å². The fourth-order valence-corrected chi connectivity index (χ4v) is 5.15. The number of nitrogens with zero attached hydrogens (tertiary/aromatic N) is 4. The average molecular weight is 528 g/mol. The van der Waals surface area contributed by atoms with E-state index in [9.17, 15) is 14.7 Å². The minimum Gasteiger partial charge on any atom is -0.508 e. The first-order chi connectivity index (χ1) is 19.0. The third-order valence-electron chi connectivity index (χ3n) is 7.07. The van der Waals surface area contributed by atoms with Crippen LogP contribution >= 0.6 is 0 Å². The van der Waals surface area contributed by atoms with Crippen LogP contribution in [0.25, 0.3) is 11.0 Å². The second-order valence-electron chi connectivity index (χ2n) is 9.76. The summed E-state index contributed by atoms with van der Waals surface area (Å²) in [6.45, 7) is 2.31. The maximum atomic E-state index is 14.1. The Kier molecular flexibility index (Phi) is 8.05. The minimum absolute atomic E-state index is 0.0578. The van der Waals surface area contributed by atoms with Crippen LogP contribution in [-0.2, 0) is 16.1 Å². The molecular formula is C30H33N5O4. The highest BCUT2D eigenvalue weighted by atomic mass is 16.5. The molecule has 4 aromatic rings. The molecule has 39 heavy (non-hydrogen) atoms. The van der Waals surface area contributed by atoms with Gasteiger partial charge in [-0.25, -0.2) is 4.68 Å². The normalized spacial score (nSPS) is 14.6. The predicted molar refractivity (Wildman–Crippen MR) is 148 cm³/mol. The van der Waals surface area contributed by atoms with E-state index in [-0.39, 0.29) is 30.2 Å². The van der Waals surface area contributed by atoms with Crippen LogP contribution in [0.5, 0.6) is 11.5 Å². The van der Waals surface area contributed by atoms with Crippen LogP contribution in [0.3, 0.4) is 0 Å². The number of ether oxygens (including phenoxy) is 1. The molecule has 1 atom stereocenters. The van der Waals surface area contributed by atoms with Gasteiger partial charge in [0.1, 0.15) is 29.6 Å². The van der Waals surface area contributed by atoms with E-state index in [4.69, 9.17) is 4.74 Å². The summed E-state index contributed by atoms with van der Waals surface area (Å²) in [5.74, 6) is 0.159. The van der Waals surface area contributed by atoms with E-state index in [0.29, 0.717) is 29.1 Å². The highest BCUT2D eigenvalue weighted by molar-refractivity contribution is 6.01. The van der Waals surface area contributed by atoms with Crippen LogP contribution in [-0.4, -0.2) is 44.6 Å². The molecule has 0 spiro atoms.